The molecule has 0 heterocycles. The predicted octanol–water partition coefficient (Wildman–Crippen LogP) is 2.92. The quantitative estimate of drug-likeness (QED) is 0.749. The molecule has 144 valence electrons. The molecule has 1 atom stereocenters. The van der Waals surface area contributed by atoms with Crippen molar-refractivity contribution < 1.29 is 9.18 Å². The Labute approximate surface area is 166 Å². The van der Waals surface area contributed by atoms with E-state index in [9.17, 15) is 9.18 Å². The number of hydrogen-bond acceptors (Lipinski definition) is 3. The average molecular weight is 402 g/mol. The van der Waals surface area contributed by atoms with Crippen molar-refractivity contribution >= 4 is 30.7 Å². The summed E-state index contributed by atoms with van der Waals surface area (Å²) in [4.78, 5) is 14.0. The van der Waals surface area contributed by atoms with Crippen molar-refractivity contribution in [3.05, 3.63) is 71.0 Å². The molecule has 0 saturated carbocycles. The fourth-order valence-electron chi connectivity index (χ4n) is 2.48. The highest BCUT2D eigenvalue weighted by atomic mass is 35.5. The normalized spacial score (nSPS) is 11.3. The Bertz CT molecular complexity index is 684. The lowest BCUT2D eigenvalue weighted by atomic mass is 10.1. The topological polar surface area (TPSA) is 58.4 Å². The summed E-state index contributed by atoms with van der Waals surface area (Å²) in [5, 5.41) is 2.82. The molecule has 0 bridgehead atoms. The third-order valence-corrected chi connectivity index (χ3v) is 3.70. The molecule has 0 aliphatic carbocycles. The highest BCUT2D eigenvalue weighted by Crippen LogP contribution is 2.12. The van der Waals surface area contributed by atoms with Gasteiger partial charge in [0.15, 0.2) is 0 Å². The van der Waals surface area contributed by atoms with Crippen LogP contribution >= 0.6 is 24.8 Å². The number of benzene rings is 2. The maximum absolute atomic E-state index is 13.8. The van der Waals surface area contributed by atoms with Gasteiger partial charge in [-0.25, -0.2) is 4.39 Å². The van der Waals surface area contributed by atoms with E-state index in [4.69, 9.17) is 5.73 Å². The lowest BCUT2D eigenvalue weighted by Gasteiger charge is -2.14. The van der Waals surface area contributed by atoms with E-state index >= 15 is 0 Å². The third kappa shape index (κ3) is 7.70. The fraction of sp³-hybridized carbons (Fsp3) is 0.316. The zero-order valence-electron chi connectivity index (χ0n) is 14.9. The van der Waals surface area contributed by atoms with Gasteiger partial charge in [-0.1, -0.05) is 36.4 Å². The number of amides is 1. The van der Waals surface area contributed by atoms with Gasteiger partial charge in [0.05, 0.1) is 6.04 Å². The van der Waals surface area contributed by atoms with Crippen LogP contribution in [-0.2, 0) is 24.3 Å². The van der Waals surface area contributed by atoms with Gasteiger partial charge in [0.2, 0.25) is 5.91 Å². The van der Waals surface area contributed by atoms with Crippen LogP contribution in [0.3, 0.4) is 0 Å². The van der Waals surface area contributed by atoms with Crippen LogP contribution in [0.15, 0.2) is 48.5 Å². The highest BCUT2D eigenvalue weighted by molar-refractivity contribution is 5.85. The van der Waals surface area contributed by atoms with Crippen LogP contribution in [0.1, 0.15) is 16.7 Å². The first-order chi connectivity index (χ1) is 11.5. The molecule has 4 nitrogen and oxygen atoms in total. The highest BCUT2D eigenvalue weighted by Gasteiger charge is 2.14. The van der Waals surface area contributed by atoms with Crippen molar-refractivity contribution in [2.24, 2.45) is 5.73 Å². The van der Waals surface area contributed by atoms with E-state index in [0.717, 1.165) is 11.1 Å². The summed E-state index contributed by atoms with van der Waals surface area (Å²) in [5.74, 6) is -0.447. The monoisotopic (exact) mass is 401 g/mol. The van der Waals surface area contributed by atoms with Crippen LogP contribution in [-0.4, -0.2) is 30.9 Å². The number of nitrogens with one attached hydrogen (secondary N) is 1. The maximum Gasteiger partial charge on any atom is 0.237 e. The van der Waals surface area contributed by atoms with Crippen molar-refractivity contribution in [3.8, 4) is 0 Å². The van der Waals surface area contributed by atoms with E-state index in [1.54, 1.807) is 12.1 Å². The standard InChI is InChI=1S/C19H24FN3O.2ClH/c1-23(2)13-16-10-15(8-9-17(16)20)12-22-19(24)18(21)11-14-6-4-3-5-7-14;;/h3-10,18H,11-13,21H2,1-2H3,(H,22,24);2*1H. The van der Waals surface area contributed by atoms with Crippen molar-refractivity contribution in [3.63, 3.8) is 0 Å². The summed E-state index contributed by atoms with van der Waals surface area (Å²) in [5.41, 5.74) is 8.44. The largest absolute Gasteiger partial charge is 0.351 e. The molecular formula is C19H26Cl2FN3O. The second-order valence-corrected chi connectivity index (χ2v) is 6.18. The number of nitrogens with two attached hydrogens (primary N) is 1. The first kappa shape index (κ1) is 24.3. The molecule has 0 spiro atoms. The van der Waals surface area contributed by atoms with E-state index in [2.05, 4.69) is 5.32 Å². The van der Waals surface area contributed by atoms with Gasteiger partial charge in [-0.15, -0.1) is 24.8 Å². The first-order valence-corrected chi connectivity index (χ1v) is 7.95. The van der Waals surface area contributed by atoms with Gasteiger partial charge in [-0.2, -0.15) is 0 Å². The molecule has 0 fully saturated rings. The summed E-state index contributed by atoms with van der Waals surface area (Å²) in [6, 6.07) is 13.9. The lowest BCUT2D eigenvalue weighted by Crippen LogP contribution is -2.41. The van der Waals surface area contributed by atoms with Crippen LogP contribution in [0.4, 0.5) is 4.39 Å². The van der Waals surface area contributed by atoms with Crippen molar-refractivity contribution in [1.82, 2.24) is 10.2 Å². The zero-order chi connectivity index (χ0) is 17.5. The van der Waals surface area contributed by atoms with E-state index in [0.29, 0.717) is 25.1 Å². The van der Waals surface area contributed by atoms with Gasteiger partial charge >= 0.3 is 0 Å². The number of hydrogen-bond donors (Lipinski definition) is 2. The van der Waals surface area contributed by atoms with Gasteiger partial charge in [0, 0.05) is 18.7 Å². The molecule has 0 aliphatic rings. The van der Waals surface area contributed by atoms with E-state index < -0.39 is 6.04 Å². The Morgan fingerprint density at radius 2 is 1.77 bits per heavy atom. The van der Waals surface area contributed by atoms with E-state index in [1.807, 2.05) is 49.3 Å². The Balaban J connectivity index is 0.00000312. The van der Waals surface area contributed by atoms with Crippen molar-refractivity contribution in [2.75, 3.05) is 14.1 Å². The van der Waals surface area contributed by atoms with Crippen LogP contribution < -0.4 is 11.1 Å². The Morgan fingerprint density at radius 1 is 1.12 bits per heavy atom. The van der Waals surface area contributed by atoms with Crippen molar-refractivity contribution in [2.45, 2.75) is 25.6 Å². The summed E-state index contributed by atoms with van der Waals surface area (Å²) in [6.07, 6.45) is 0.488. The second kappa shape index (κ2) is 11.9. The van der Waals surface area contributed by atoms with E-state index in [1.165, 1.54) is 6.07 Å². The number of halogens is 3. The Morgan fingerprint density at radius 3 is 2.38 bits per heavy atom. The van der Waals surface area contributed by atoms with Crippen LogP contribution in [0.25, 0.3) is 0 Å². The molecule has 0 aromatic heterocycles. The van der Waals surface area contributed by atoms with Gasteiger partial charge in [-0.3, -0.25) is 4.79 Å². The number of carbonyl (C=O) groups is 1. The van der Waals surface area contributed by atoms with Crippen LogP contribution in [0, 0.1) is 5.82 Å². The smallest absolute Gasteiger partial charge is 0.237 e. The van der Waals surface area contributed by atoms with Gasteiger partial charge in [0.25, 0.3) is 0 Å². The first-order valence-electron chi connectivity index (χ1n) is 7.95. The molecule has 1 unspecified atom stereocenters. The molecule has 2 aromatic rings. The van der Waals surface area contributed by atoms with Gasteiger partial charge in [-0.05, 0) is 43.8 Å². The molecule has 26 heavy (non-hydrogen) atoms. The molecule has 0 radical (unpaired) electrons. The lowest BCUT2D eigenvalue weighted by molar-refractivity contribution is -0.122. The molecule has 3 N–H and O–H groups in total. The van der Waals surface area contributed by atoms with Gasteiger partial charge < -0.3 is 16.0 Å². The fourth-order valence-corrected chi connectivity index (χ4v) is 2.48. The second-order valence-electron chi connectivity index (χ2n) is 6.18. The molecule has 1 amide bonds. The van der Waals surface area contributed by atoms with Crippen LogP contribution in [0.5, 0.6) is 0 Å². The minimum atomic E-state index is -0.603. The third-order valence-electron chi connectivity index (χ3n) is 3.70. The summed E-state index contributed by atoms with van der Waals surface area (Å²) >= 11 is 0. The maximum atomic E-state index is 13.8. The summed E-state index contributed by atoms with van der Waals surface area (Å²) < 4.78 is 13.8. The van der Waals surface area contributed by atoms with E-state index in [-0.39, 0.29) is 36.5 Å². The van der Waals surface area contributed by atoms with Crippen LogP contribution in [0.2, 0.25) is 0 Å². The number of carbonyl (C=O) groups excluding carboxylic acids is 1. The summed E-state index contributed by atoms with van der Waals surface area (Å²) in [7, 11) is 3.77. The predicted molar refractivity (Wildman–Crippen MR) is 108 cm³/mol. The zero-order valence-corrected chi connectivity index (χ0v) is 16.6. The minimum absolute atomic E-state index is 0. The number of nitrogens with zero attached hydrogens (tertiary/aromatic N) is 1. The molecule has 2 rings (SSSR count). The SMILES string of the molecule is CN(C)Cc1cc(CNC(=O)C(N)Cc2ccccc2)ccc1F.Cl.Cl. The number of rotatable bonds is 7. The Hall–Kier alpha value is -1.66. The molecule has 2 aromatic carbocycles. The molecule has 7 heteroatoms. The molecular weight excluding hydrogens is 376 g/mol. The average Bonchev–Trinajstić information content (AvgIpc) is 2.55. The molecule has 0 aliphatic heterocycles. The Kier molecular flexibility index (Phi) is 11.1. The molecule has 0 saturated heterocycles. The minimum Gasteiger partial charge on any atom is -0.351 e. The summed E-state index contributed by atoms with van der Waals surface area (Å²) in [6.45, 7) is 0.850. The van der Waals surface area contributed by atoms with Crippen molar-refractivity contribution in [1.29, 1.82) is 0 Å². The van der Waals surface area contributed by atoms with Gasteiger partial charge in [0.1, 0.15) is 5.82 Å².